The lowest BCUT2D eigenvalue weighted by Gasteiger charge is -2.23. The number of aromatic nitrogens is 1. The molecule has 0 bridgehead atoms. The second-order valence-corrected chi connectivity index (χ2v) is 9.08. The molecule has 0 saturated carbocycles. The third-order valence-corrected chi connectivity index (χ3v) is 6.77. The van der Waals surface area contributed by atoms with E-state index in [-0.39, 0.29) is 11.7 Å². The molecular formula is C26H19BrClN3O3. The third kappa shape index (κ3) is 4.13. The number of hydrogen-bond donors (Lipinski definition) is 1. The number of ether oxygens (including phenoxy) is 1. The van der Waals surface area contributed by atoms with E-state index in [1.807, 2.05) is 48.5 Å². The van der Waals surface area contributed by atoms with Crippen LogP contribution in [0.15, 0.2) is 82.4 Å². The Morgan fingerprint density at radius 3 is 2.62 bits per heavy atom. The van der Waals surface area contributed by atoms with E-state index in [1.165, 1.54) is 17.1 Å². The van der Waals surface area contributed by atoms with E-state index in [4.69, 9.17) is 21.4 Å². The van der Waals surface area contributed by atoms with E-state index in [1.54, 1.807) is 19.2 Å². The molecule has 3 aromatic carbocycles. The number of benzene rings is 3. The van der Waals surface area contributed by atoms with Crippen molar-refractivity contribution in [1.82, 2.24) is 9.99 Å². The van der Waals surface area contributed by atoms with Gasteiger partial charge < -0.3 is 9.84 Å². The maximum atomic E-state index is 13.5. The summed E-state index contributed by atoms with van der Waals surface area (Å²) >= 11 is 10.2. The van der Waals surface area contributed by atoms with Gasteiger partial charge in [-0.15, -0.1) is 0 Å². The Bertz CT molecular complexity index is 1440. The number of carbonyl (C=O) groups is 1. The molecule has 5 rings (SSSR count). The van der Waals surface area contributed by atoms with Crippen molar-refractivity contribution >= 4 is 50.1 Å². The number of phenols is 1. The second-order valence-electron chi connectivity index (χ2n) is 7.87. The summed E-state index contributed by atoms with van der Waals surface area (Å²) in [6, 6.07) is 20.9. The van der Waals surface area contributed by atoms with Gasteiger partial charge in [0.05, 0.1) is 24.4 Å². The number of hydrogen-bond acceptors (Lipinski definition) is 5. The predicted molar refractivity (Wildman–Crippen MR) is 136 cm³/mol. The van der Waals surface area contributed by atoms with Gasteiger partial charge in [-0.1, -0.05) is 45.7 Å². The molecule has 1 amide bonds. The quantitative estimate of drug-likeness (QED) is 0.308. The highest BCUT2D eigenvalue weighted by Gasteiger charge is 2.36. The highest BCUT2D eigenvalue weighted by atomic mass is 79.9. The average Bonchev–Trinajstić information content (AvgIpc) is 3.28. The summed E-state index contributed by atoms with van der Waals surface area (Å²) in [4.78, 5) is 18.1. The van der Waals surface area contributed by atoms with Crippen LogP contribution in [0.4, 0.5) is 0 Å². The number of carbonyl (C=O) groups excluding carboxylic acids is 1. The van der Waals surface area contributed by atoms with Gasteiger partial charge in [-0.25, -0.2) is 9.99 Å². The van der Waals surface area contributed by atoms with Crippen molar-refractivity contribution < 1.29 is 14.6 Å². The Hall–Kier alpha value is -3.42. The van der Waals surface area contributed by atoms with E-state index >= 15 is 0 Å². The highest BCUT2D eigenvalue weighted by Crippen LogP contribution is 2.39. The number of pyridine rings is 1. The number of nitrogens with zero attached hydrogens (tertiary/aromatic N) is 3. The maximum Gasteiger partial charge on any atom is 0.274 e. The molecule has 2 heterocycles. The molecule has 1 N–H and O–H groups in total. The van der Waals surface area contributed by atoms with Crippen LogP contribution in [0.5, 0.6) is 11.5 Å². The van der Waals surface area contributed by atoms with Crippen molar-refractivity contribution in [2.45, 2.75) is 12.5 Å². The number of halogens is 2. The average molecular weight is 537 g/mol. The summed E-state index contributed by atoms with van der Waals surface area (Å²) < 4.78 is 6.25. The first-order valence-electron chi connectivity index (χ1n) is 10.5. The molecule has 4 aromatic rings. The summed E-state index contributed by atoms with van der Waals surface area (Å²) in [7, 11) is 1.61. The summed E-state index contributed by atoms with van der Waals surface area (Å²) in [5.74, 6) is 0.493. The number of amides is 1. The first-order chi connectivity index (χ1) is 16.4. The zero-order valence-corrected chi connectivity index (χ0v) is 20.4. The van der Waals surface area contributed by atoms with Gasteiger partial charge in [0.1, 0.15) is 16.7 Å². The smallest absolute Gasteiger partial charge is 0.274 e. The highest BCUT2D eigenvalue weighted by molar-refractivity contribution is 9.10. The molecule has 8 heteroatoms. The molecule has 0 aliphatic carbocycles. The molecule has 170 valence electrons. The van der Waals surface area contributed by atoms with Crippen LogP contribution in [0.3, 0.4) is 0 Å². The van der Waals surface area contributed by atoms with Crippen LogP contribution in [0, 0.1) is 0 Å². The molecule has 6 nitrogen and oxygen atoms in total. The van der Waals surface area contributed by atoms with Gasteiger partial charge >= 0.3 is 0 Å². The van der Waals surface area contributed by atoms with Crippen molar-refractivity contribution in [2.24, 2.45) is 5.10 Å². The fourth-order valence-electron chi connectivity index (χ4n) is 4.04. The predicted octanol–water partition coefficient (Wildman–Crippen LogP) is 6.36. The molecular weight excluding hydrogens is 518 g/mol. The monoisotopic (exact) mass is 535 g/mol. The first kappa shape index (κ1) is 22.4. The largest absolute Gasteiger partial charge is 0.508 e. The van der Waals surface area contributed by atoms with Crippen molar-refractivity contribution in [1.29, 1.82) is 0 Å². The van der Waals surface area contributed by atoms with Crippen molar-refractivity contribution in [3.05, 3.63) is 99.1 Å². The standard InChI is InChI=1S/C26H19BrClN3O3/c1-34-18-10-11-22-16(12-18)13-20(25(28)29-22)24-14-23(19-4-2-3-5-21(19)27)30-31(24)26(33)15-6-8-17(32)9-7-15/h2-13,24,32H,14H2,1H3. The minimum absolute atomic E-state index is 0.0858. The SMILES string of the molecule is COc1ccc2nc(Cl)c(C3CC(c4ccccc4Br)=NN3C(=O)c3ccc(O)cc3)cc2c1. The second kappa shape index (κ2) is 9.08. The number of fused-ring (bicyclic) bond motifs is 1. The van der Waals surface area contributed by atoms with Crippen LogP contribution < -0.4 is 4.74 Å². The Morgan fingerprint density at radius 2 is 1.88 bits per heavy atom. The van der Waals surface area contributed by atoms with Crippen LogP contribution >= 0.6 is 27.5 Å². The molecule has 34 heavy (non-hydrogen) atoms. The molecule has 1 atom stereocenters. The number of aromatic hydroxyl groups is 1. The molecule has 1 unspecified atom stereocenters. The topological polar surface area (TPSA) is 75.0 Å². The summed E-state index contributed by atoms with van der Waals surface area (Å²) in [5, 5.41) is 17.0. The number of phenolic OH excluding ortho intramolecular Hbond substituents is 1. The van der Waals surface area contributed by atoms with E-state index in [0.29, 0.717) is 28.5 Å². The summed E-state index contributed by atoms with van der Waals surface area (Å²) in [6.45, 7) is 0. The molecule has 1 aliphatic heterocycles. The summed E-state index contributed by atoms with van der Waals surface area (Å²) in [5.41, 5.74) is 3.49. The van der Waals surface area contributed by atoms with Gasteiger partial charge in [0.15, 0.2) is 0 Å². The lowest BCUT2D eigenvalue weighted by atomic mass is 9.98. The Labute approximate surface area is 209 Å². The van der Waals surface area contributed by atoms with Gasteiger partial charge in [0.2, 0.25) is 0 Å². The van der Waals surface area contributed by atoms with Gasteiger partial charge in [-0.2, -0.15) is 5.10 Å². The minimum Gasteiger partial charge on any atom is -0.508 e. The first-order valence-corrected chi connectivity index (χ1v) is 11.7. The fourth-order valence-corrected chi connectivity index (χ4v) is 4.83. The third-order valence-electron chi connectivity index (χ3n) is 5.78. The van der Waals surface area contributed by atoms with Gasteiger partial charge in [0, 0.05) is 33.0 Å². The van der Waals surface area contributed by atoms with Crippen LogP contribution in [-0.2, 0) is 0 Å². The van der Waals surface area contributed by atoms with E-state index in [9.17, 15) is 9.90 Å². The van der Waals surface area contributed by atoms with Gasteiger partial charge in [-0.05, 0) is 54.6 Å². The van der Waals surface area contributed by atoms with Crippen LogP contribution in [0.1, 0.15) is 33.9 Å². The van der Waals surface area contributed by atoms with Crippen molar-refractivity contribution in [3.8, 4) is 11.5 Å². The molecule has 0 saturated heterocycles. The molecule has 0 fully saturated rings. The van der Waals surface area contributed by atoms with Gasteiger partial charge in [-0.3, -0.25) is 4.79 Å². The van der Waals surface area contributed by atoms with Crippen molar-refractivity contribution in [3.63, 3.8) is 0 Å². The normalized spacial score (nSPS) is 15.4. The van der Waals surface area contributed by atoms with Crippen molar-refractivity contribution in [2.75, 3.05) is 7.11 Å². The zero-order valence-electron chi connectivity index (χ0n) is 18.1. The Balaban J connectivity index is 1.62. The zero-order chi connectivity index (χ0) is 23.8. The van der Waals surface area contributed by atoms with Gasteiger partial charge in [0.25, 0.3) is 5.91 Å². The lowest BCUT2D eigenvalue weighted by molar-refractivity contribution is 0.0711. The summed E-state index contributed by atoms with van der Waals surface area (Å²) in [6.07, 6.45) is 0.462. The number of rotatable bonds is 4. The molecule has 0 spiro atoms. The number of methoxy groups -OCH3 is 1. The molecule has 1 aromatic heterocycles. The van der Waals surface area contributed by atoms with Crippen LogP contribution in [0.2, 0.25) is 5.15 Å². The van der Waals surface area contributed by atoms with E-state index < -0.39 is 6.04 Å². The van der Waals surface area contributed by atoms with Crippen LogP contribution in [-0.4, -0.2) is 33.8 Å². The molecule has 0 radical (unpaired) electrons. The fraction of sp³-hybridized carbons (Fsp3) is 0.115. The Morgan fingerprint density at radius 1 is 1.12 bits per heavy atom. The van der Waals surface area contributed by atoms with E-state index in [2.05, 4.69) is 20.9 Å². The minimum atomic E-state index is -0.459. The molecule has 1 aliphatic rings. The number of hydrazone groups is 1. The maximum absolute atomic E-state index is 13.5. The van der Waals surface area contributed by atoms with E-state index in [0.717, 1.165) is 26.7 Å². The van der Waals surface area contributed by atoms with Crippen LogP contribution in [0.25, 0.3) is 10.9 Å². The Kier molecular flexibility index (Phi) is 5.98. The lowest BCUT2D eigenvalue weighted by Crippen LogP contribution is -2.27.